The van der Waals surface area contributed by atoms with Crippen LogP contribution in [-0.4, -0.2) is 40.0 Å². The quantitative estimate of drug-likeness (QED) is 0.772. The van der Waals surface area contributed by atoms with E-state index < -0.39 is 25.1 Å². The molecule has 0 saturated carbocycles. The third kappa shape index (κ3) is 4.46. The van der Waals surface area contributed by atoms with Crippen molar-refractivity contribution >= 4 is 31.5 Å². The third-order valence-corrected chi connectivity index (χ3v) is 8.71. The second-order valence-corrected chi connectivity index (χ2v) is 11.0. The van der Waals surface area contributed by atoms with Gasteiger partial charge in [-0.15, -0.1) is 0 Å². The molecule has 26 heavy (non-hydrogen) atoms. The average molecular weight is 414 g/mol. The summed E-state index contributed by atoms with van der Waals surface area (Å²) < 4.78 is 52.1. The second-order valence-electron chi connectivity index (χ2n) is 6.34. The van der Waals surface area contributed by atoms with Gasteiger partial charge in [-0.1, -0.05) is 54.1 Å². The Morgan fingerprint density at radius 1 is 1.04 bits per heavy atom. The molecule has 140 valence electrons. The van der Waals surface area contributed by atoms with Crippen LogP contribution in [0.4, 0.5) is 0 Å². The molecule has 1 unspecified atom stereocenters. The molecule has 0 bridgehead atoms. The first-order valence-corrected chi connectivity index (χ1v) is 12.0. The van der Waals surface area contributed by atoms with Crippen LogP contribution in [0, 0.1) is 0 Å². The fourth-order valence-electron chi connectivity index (χ4n) is 3.17. The fourth-order valence-corrected chi connectivity index (χ4v) is 6.83. The minimum Gasteiger partial charge on any atom is -0.228 e. The van der Waals surface area contributed by atoms with Crippen LogP contribution >= 0.6 is 11.6 Å². The van der Waals surface area contributed by atoms with Gasteiger partial charge in [-0.05, 0) is 29.7 Å². The van der Waals surface area contributed by atoms with Crippen molar-refractivity contribution in [1.82, 2.24) is 4.31 Å². The molecule has 1 aliphatic rings. The number of rotatable bonds is 4. The van der Waals surface area contributed by atoms with Crippen molar-refractivity contribution < 1.29 is 16.8 Å². The second kappa shape index (κ2) is 7.68. The number of nitrogens with zero attached hydrogens (tertiary/aromatic N) is 1. The molecule has 1 heterocycles. The summed E-state index contributed by atoms with van der Waals surface area (Å²) in [4.78, 5) is 0. The fraction of sp³-hybridized carbons (Fsp3) is 0.333. The van der Waals surface area contributed by atoms with Crippen LogP contribution in [0.1, 0.15) is 22.8 Å². The summed E-state index contributed by atoms with van der Waals surface area (Å²) in [5.74, 6) is -0.370. The molecule has 0 spiro atoms. The van der Waals surface area contributed by atoms with Crippen molar-refractivity contribution in [2.75, 3.05) is 18.8 Å². The van der Waals surface area contributed by atoms with Crippen LogP contribution in [0.15, 0.2) is 54.6 Å². The SMILES string of the molecule is O=S1(=O)CCN(S(=O)(=O)Cc2cccc(Cl)c2)CCC1c1ccccc1. The zero-order valence-electron chi connectivity index (χ0n) is 14.1. The van der Waals surface area contributed by atoms with Crippen LogP contribution in [0.2, 0.25) is 5.02 Å². The van der Waals surface area contributed by atoms with Crippen molar-refractivity contribution in [1.29, 1.82) is 0 Å². The van der Waals surface area contributed by atoms with E-state index >= 15 is 0 Å². The van der Waals surface area contributed by atoms with Gasteiger partial charge in [0.25, 0.3) is 0 Å². The van der Waals surface area contributed by atoms with Crippen LogP contribution < -0.4 is 0 Å². The Morgan fingerprint density at radius 2 is 1.77 bits per heavy atom. The van der Waals surface area contributed by atoms with Gasteiger partial charge in [-0.3, -0.25) is 0 Å². The van der Waals surface area contributed by atoms with Gasteiger partial charge < -0.3 is 0 Å². The Kier molecular flexibility index (Phi) is 5.72. The zero-order valence-corrected chi connectivity index (χ0v) is 16.5. The smallest absolute Gasteiger partial charge is 0.218 e. The minimum absolute atomic E-state index is 0.0193. The standard InChI is InChI=1S/C18H20ClNO4S2/c19-17-8-4-5-15(13-17)14-26(23,24)20-10-9-18(25(21,22)12-11-20)16-6-2-1-3-7-16/h1-8,13,18H,9-12,14H2. The predicted molar refractivity (Wildman–Crippen MR) is 103 cm³/mol. The molecule has 0 N–H and O–H groups in total. The summed E-state index contributed by atoms with van der Waals surface area (Å²) in [6.45, 7) is 0.163. The van der Waals surface area contributed by atoms with Crippen LogP contribution in [0.5, 0.6) is 0 Å². The van der Waals surface area contributed by atoms with Crippen molar-refractivity contribution in [2.45, 2.75) is 17.4 Å². The number of halogens is 1. The Balaban J connectivity index is 1.81. The summed E-state index contributed by atoms with van der Waals surface area (Å²) in [5.41, 5.74) is 1.30. The van der Waals surface area contributed by atoms with E-state index in [4.69, 9.17) is 11.6 Å². The van der Waals surface area contributed by atoms with E-state index in [-0.39, 0.29) is 31.0 Å². The summed E-state index contributed by atoms with van der Waals surface area (Å²) in [5, 5.41) is -0.199. The molecule has 0 aromatic heterocycles. The van der Waals surface area contributed by atoms with Gasteiger partial charge in [0, 0.05) is 18.1 Å². The molecule has 0 radical (unpaired) electrons. The first-order chi connectivity index (χ1) is 12.3. The zero-order chi connectivity index (χ0) is 18.8. The van der Waals surface area contributed by atoms with Gasteiger partial charge in [0.2, 0.25) is 10.0 Å². The Labute approximate surface area is 159 Å². The highest BCUT2D eigenvalue weighted by Gasteiger charge is 2.34. The molecule has 1 fully saturated rings. The van der Waals surface area contributed by atoms with E-state index in [0.717, 1.165) is 0 Å². The van der Waals surface area contributed by atoms with Crippen molar-refractivity contribution in [3.63, 3.8) is 0 Å². The number of sulfone groups is 1. The maximum atomic E-state index is 12.8. The summed E-state index contributed by atoms with van der Waals surface area (Å²) in [6.07, 6.45) is 0.251. The molecule has 1 aliphatic heterocycles. The van der Waals surface area contributed by atoms with E-state index in [9.17, 15) is 16.8 Å². The number of hydrogen-bond acceptors (Lipinski definition) is 4. The lowest BCUT2D eigenvalue weighted by Crippen LogP contribution is -2.34. The molecule has 2 aromatic carbocycles. The van der Waals surface area contributed by atoms with Crippen molar-refractivity contribution in [2.24, 2.45) is 0 Å². The maximum absolute atomic E-state index is 12.8. The molecule has 0 amide bonds. The van der Waals surface area contributed by atoms with Gasteiger partial charge in [0.15, 0.2) is 9.84 Å². The van der Waals surface area contributed by atoms with Crippen LogP contribution in [0.25, 0.3) is 0 Å². The number of benzene rings is 2. The monoisotopic (exact) mass is 413 g/mol. The van der Waals surface area contributed by atoms with Gasteiger partial charge in [-0.25, -0.2) is 21.1 Å². The van der Waals surface area contributed by atoms with Gasteiger partial charge in [0.05, 0.1) is 16.8 Å². The maximum Gasteiger partial charge on any atom is 0.218 e. The number of hydrogen-bond donors (Lipinski definition) is 0. The lowest BCUT2D eigenvalue weighted by Gasteiger charge is -2.19. The van der Waals surface area contributed by atoms with E-state index in [1.54, 1.807) is 48.5 Å². The lowest BCUT2D eigenvalue weighted by molar-refractivity contribution is 0.427. The molecule has 3 rings (SSSR count). The topological polar surface area (TPSA) is 71.5 Å². The van der Waals surface area contributed by atoms with E-state index in [0.29, 0.717) is 16.1 Å². The van der Waals surface area contributed by atoms with Gasteiger partial charge >= 0.3 is 0 Å². The minimum atomic E-state index is -3.62. The predicted octanol–water partition coefficient (Wildman–Crippen LogP) is 3.03. The average Bonchev–Trinajstić information content (AvgIpc) is 2.74. The van der Waals surface area contributed by atoms with Crippen molar-refractivity contribution in [3.05, 3.63) is 70.7 Å². The van der Waals surface area contributed by atoms with Crippen molar-refractivity contribution in [3.8, 4) is 0 Å². The normalized spacial score (nSPS) is 21.2. The molecule has 8 heteroatoms. The van der Waals surface area contributed by atoms with Gasteiger partial charge in [-0.2, -0.15) is 0 Å². The Hall–Kier alpha value is -1.41. The molecule has 0 aliphatic carbocycles. The van der Waals surface area contributed by atoms with E-state index in [2.05, 4.69) is 0 Å². The highest BCUT2D eigenvalue weighted by atomic mass is 35.5. The molecule has 1 atom stereocenters. The Bertz CT molecular complexity index is 975. The third-order valence-electron chi connectivity index (χ3n) is 4.50. The molecule has 2 aromatic rings. The van der Waals surface area contributed by atoms with E-state index in [1.807, 2.05) is 6.07 Å². The molecular weight excluding hydrogens is 394 g/mol. The summed E-state index contributed by atoms with van der Waals surface area (Å²) in [6, 6.07) is 15.7. The highest BCUT2D eigenvalue weighted by Crippen LogP contribution is 2.30. The van der Waals surface area contributed by atoms with Crippen LogP contribution in [0.3, 0.4) is 0 Å². The van der Waals surface area contributed by atoms with Gasteiger partial charge in [0.1, 0.15) is 0 Å². The Morgan fingerprint density at radius 3 is 2.46 bits per heavy atom. The summed E-state index contributed by atoms with van der Waals surface area (Å²) >= 11 is 5.92. The van der Waals surface area contributed by atoms with Crippen LogP contribution in [-0.2, 0) is 25.6 Å². The molecule has 5 nitrogen and oxygen atoms in total. The molecular formula is C18H20ClNO4S2. The van der Waals surface area contributed by atoms with E-state index in [1.165, 1.54) is 4.31 Å². The summed E-state index contributed by atoms with van der Waals surface area (Å²) in [7, 11) is -7.04. The lowest BCUT2D eigenvalue weighted by atomic mass is 10.1. The first kappa shape index (κ1) is 19.4. The number of sulfonamides is 1. The largest absolute Gasteiger partial charge is 0.228 e. The highest BCUT2D eigenvalue weighted by molar-refractivity contribution is 7.91. The molecule has 1 saturated heterocycles. The first-order valence-electron chi connectivity index (χ1n) is 8.27.